The van der Waals surface area contributed by atoms with Crippen LogP contribution < -0.4 is 5.73 Å². The summed E-state index contributed by atoms with van der Waals surface area (Å²) in [5.41, 5.74) is 11.1. The van der Waals surface area contributed by atoms with Crippen molar-refractivity contribution < 1.29 is 0 Å². The molecule has 1 heterocycles. The smallest absolute Gasteiger partial charge is 0.0513 e. The summed E-state index contributed by atoms with van der Waals surface area (Å²) < 4.78 is 2.29. The fourth-order valence-electron chi connectivity index (χ4n) is 2.51. The lowest BCUT2D eigenvalue weighted by molar-refractivity contribution is 0.731. The normalized spacial score (nSPS) is 11.2. The molecule has 1 aromatic carbocycles. The van der Waals surface area contributed by atoms with E-state index in [-0.39, 0.29) is 0 Å². The molecule has 0 saturated carbocycles. The SMILES string of the molecule is CCc1cn(CCN)c2c(C)cc(C)cc12. The van der Waals surface area contributed by atoms with E-state index in [0.717, 1.165) is 13.0 Å². The zero-order chi connectivity index (χ0) is 11.7. The third-order valence-electron chi connectivity index (χ3n) is 3.14. The van der Waals surface area contributed by atoms with Crippen molar-refractivity contribution in [3.8, 4) is 0 Å². The molecule has 1 aromatic heterocycles. The van der Waals surface area contributed by atoms with Crippen LogP contribution in [0, 0.1) is 13.8 Å². The summed E-state index contributed by atoms with van der Waals surface area (Å²) in [6, 6.07) is 4.53. The van der Waals surface area contributed by atoms with Gasteiger partial charge in [0.25, 0.3) is 0 Å². The maximum absolute atomic E-state index is 5.66. The van der Waals surface area contributed by atoms with Crippen molar-refractivity contribution in [2.24, 2.45) is 5.73 Å². The van der Waals surface area contributed by atoms with Crippen molar-refractivity contribution in [2.45, 2.75) is 33.7 Å². The number of hydrogen-bond acceptors (Lipinski definition) is 1. The van der Waals surface area contributed by atoms with Crippen molar-refractivity contribution in [1.82, 2.24) is 4.57 Å². The van der Waals surface area contributed by atoms with Crippen molar-refractivity contribution in [3.05, 3.63) is 35.0 Å². The van der Waals surface area contributed by atoms with E-state index in [0.29, 0.717) is 6.54 Å². The fourth-order valence-corrected chi connectivity index (χ4v) is 2.51. The second-order valence-corrected chi connectivity index (χ2v) is 4.47. The summed E-state index contributed by atoms with van der Waals surface area (Å²) in [7, 11) is 0. The molecule has 2 nitrogen and oxygen atoms in total. The molecule has 2 heteroatoms. The van der Waals surface area contributed by atoms with Crippen LogP contribution in [0.5, 0.6) is 0 Å². The minimum absolute atomic E-state index is 0.695. The van der Waals surface area contributed by atoms with Gasteiger partial charge in [0.15, 0.2) is 0 Å². The molecule has 0 atom stereocenters. The van der Waals surface area contributed by atoms with Gasteiger partial charge in [-0.1, -0.05) is 18.6 Å². The highest BCUT2D eigenvalue weighted by molar-refractivity contribution is 5.87. The van der Waals surface area contributed by atoms with E-state index in [1.165, 1.54) is 27.6 Å². The lowest BCUT2D eigenvalue weighted by atomic mass is 10.0. The third-order valence-corrected chi connectivity index (χ3v) is 3.14. The molecular formula is C14H20N2. The number of aryl methyl sites for hydroxylation is 3. The molecule has 0 aliphatic carbocycles. The van der Waals surface area contributed by atoms with Crippen molar-refractivity contribution in [2.75, 3.05) is 6.54 Å². The highest BCUT2D eigenvalue weighted by Gasteiger charge is 2.09. The second kappa shape index (κ2) is 4.30. The number of rotatable bonds is 3. The molecule has 2 aromatic rings. The van der Waals surface area contributed by atoms with Crippen LogP contribution in [0.4, 0.5) is 0 Å². The maximum Gasteiger partial charge on any atom is 0.0513 e. The molecule has 0 bridgehead atoms. The Morgan fingerprint density at radius 3 is 2.62 bits per heavy atom. The molecule has 0 spiro atoms. The van der Waals surface area contributed by atoms with Crippen molar-refractivity contribution >= 4 is 10.9 Å². The van der Waals surface area contributed by atoms with E-state index < -0.39 is 0 Å². The Balaban J connectivity index is 2.74. The molecule has 0 fully saturated rings. The highest BCUT2D eigenvalue weighted by atomic mass is 15.0. The summed E-state index contributed by atoms with van der Waals surface area (Å²) in [5.74, 6) is 0. The molecule has 2 rings (SSSR count). The van der Waals surface area contributed by atoms with Gasteiger partial charge in [-0.3, -0.25) is 0 Å². The maximum atomic E-state index is 5.66. The Kier molecular flexibility index (Phi) is 3.01. The predicted octanol–water partition coefficient (Wildman–Crippen LogP) is 2.78. The minimum atomic E-state index is 0.695. The molecule has 0 radical (unpaired) electrons. The molecule has 0 aliphatic rings. The van der Waals surface area contributed by atoms with Crippen LogP contribution in [-0.4, -0.2) is 11.1 Å². The molecule has 2 N–H and O–H groups in total. The van der Waals surface area contributed by atoms with Crippen LogP contribution in [0.1, 0.15) is 23.6 Å². The summed E-state index contributed by atoms with van der Waals surface area (Å²) in [6.45, 7) is 8.15. The molecule has 0 amide bonds. The van der Waals surface area contributed by atoms with Gasteiger partial charge >= 0.3 is 0 Å². The number of benzene rings is 1. The van der Waals surface area contributed by atoms with Crippen LogP contribution in [0.15, 0.2) is 18.3 Å². The van der Waals surface area contributed by atoms with Crippen LogP contribution in [-0.2, 0) is 13.0 Å². The first-order chi connectivity index (χ1) is 7.67. The summed E-state index contributed by atoms with van der Waals surface area (Å²) in [4.78, 5) is 0. The Labute approximate surface area is 97.1 Å². The number of hydrogen-bond donors (Lipinski definition) is 1. The van der Waals surface area contributed by atoms with Crippen molar-refractivity contribution in [3.63, 3.8) is 0 Å². The van der Waals surface area contributed by atoms with E-state index in [2.05, 4.69) is 43.7 Å². The average Bonchev–Trinajstić information content (AvgIpc) is 2.57. The molecule has 16 heavy (non-hydrogen) atoms. The largest absolute Gasteiger partial charge is 0.346 e. The number of aromatic nitrogens is 1. The van der Waals surface area contributed by atoms with Gasteiger partial charge in [-0.15, -0.1) is 0 Å². The number of nitrogens with zero attached hydrogens (tertiary/aromatic N) is 1. The summed E-state index contributed by atoms with van der Waals surface area (Å²) in [5, 5.41) is 1.40. The van der Waals surface area contributed by atoms with Crippen molar-refractivity contribution in [1.29, 1.82) is 0 Å². The summed E-state index contributed by atoms with van der Waals surface area (Å²) in [6.07, 6.45) is 3.33. The van der Waals surface area contributed by atoms with Crippen LogP contribution in [0.3, 0.4) is 0 Å². The van der Waals surface area contributed by atoms with E-state index in [1.54, 1.807) is 0 Å². The lowest BCUT2D eigenvalue weighted by Crippen LogP contribution is -2.09. The van der Waals surface area contributed by atoms with E-state index in [1.807, 2.05) is 0 Å². The van der Waals surface area contributed by atoms with Crippen LogP contribution in [0.2, 0.25) is 0 Å². The van der Waals surface area contributed by atoms with Gasteiger partial charge in [0, 0.05) is 24.7 Å². The first-order valence-electron chi connectivity index (χ1n) is 5.96. The van der Waals surface area contributed by atoms with Crippen LogP contribution in [0.25, 0.3) is 10.9 Å². The first-order valence-corrected chi connectivity index (χ1v) is 5.96. The summed E-state index contributed by atoms with van der Waals surface area (Å²) >= 11 is 0. The van der Waals surface area contributed by atoms with Gasteiger partial charge in [-0.05, 0) is 37.5 Å². The number of fused-ring (bicyclic) bond motifs is 1. The lowest BCUT2D eigenvalue weighted by Gasteiger charge is -2.06. The molecule has 0 unspecified atom stereocenters. The topological polar surface area (TPSA) is 30.9 Å². The zero-order valence-electron chi connectivity index (χ0n) is 10.4. The average molecular weight is 216 g/mol. The molecular weight excluding hydrogens is 196 g/mol. The Morgan fingerprint density at radius 1 is 1.25 bits per heavy atom. The van der Waals surface area contributed by atoms with Gasteiger partial charge in [0.05, 0.1) is 5.52 Å². The monoisotopic (exact) mass is 216 g/mol. The molecule has 86 valence electrons. The standard InChI is InChI=1S/C14H20N2/c1-4-12-9-16(6-5-15)14-11(3)7-10(2)8-13(12)14/h7-9H,4-6,15H2,1-3H3. The predicted molar refractivity (Wildman–Crippen MR) is 69.8 cm³/mol. The Hall–Kier alpha value is -1.28. The van der Waals surface area contributed by atoms with E-state index in [4.69, 9.17) is 5.73 Å². The fraction of sp³-hybridized carbons (Fsp3) is 0.429. The van der Waals surface area contributed by atoms with E-state index >= 15 is 0 Å². The minimum Gasteiger partial charge on any atom is -0.346 e. The first kappa shape index (κ1) is 11.2. The molecule has 0 saturated heterocycles. The number of nitrogens with two attached hydrogens (primary N) is 1. The second-order valence-electron chi connectivity index (χ2n) is 4.47. The molecule has 0 aliphatic heterocycles. The van der Waals surface area contributed by atoms with Gasteiger partial charge in [0.2, 0.25) is 0 Å². The quantitative estimate of drug-likeness (QED) is 0.840. The van der Waals surface area contributed by atoms with Gasteiger partial charge in [0.1, 0.15) is 0 Å². The van der Waals surface area contributed by atoms with Gasteiger partial charge < -0.3 is 10.3 Å². The van der Waals surface area contributed by atoms with E-state index in [9.17, 15) is 0 Å². The zero-order valence-corrected chi connectivity index (χ0v) is 10.4. The van der Waals surface area contributed by atoms with Gasteiger partial charge in [-0.2, -0.15) is 0 Å². The van der Waals surface area contributed by atoms with Crippen LogP contribution >= 0.6 is 0 Å². The third kappa shape index (κ3) is 1.74. The Morgan fingerprint density at radius 2 is 2.00 bits per heavy atom. The Bertz CT molecular complexity index is 509. The van der Waals surface area contributed by atoms with Gasteiger partial charge in [-0.25, -0.2) is 0 Å². The highest BCUT2D eigenvalue weighted by Crippen LogP contribution is 2.26.